The number of carbonyl (C=O) groups excluding carboxylic acids is 1. The zero-order valence-corrected chi connectivity index (χ0v) is 13.7. The Morgan fingerprint density at radius 1 is 1.29 bits per heavy atom. The molecule has 1 amide bonds. The van der Waals surface area contributed by atoms with Gasteiger partial charge in [-0.25, -0.2) is 4.98 Å². The average molecular weight is 327 g/mol. The number of hydrogen-bond donors (Lipinski definition) is 1. The van der Waals surface area contributed by atoms with Crippen LogP contribution in [-0.2, 0) is 16.1 Å². The van der Waals surface area contributed by atoms with Crippen molar-refractivity contribution in [3.63, 3.8) is 0 Å². The lowest BCUT2D eigenvalue weighted by atomic mass is 10.1. The van der Waals surface area contributed by atoms with E-state index < -0.39 is 0 Å². The Hall–Kier alpha value is -2.44. The molecule has 0 unspecified atom stereocenters. The fourth-order valence-corrected chi connectivity index (χ4v) is 2.61. The maximum absolute atomic E-state index is 12.4. The predicted molar refractivity (Wildman–Crippen MR) is 92.4 cm³/mol. The highest BCUT2D eigenvalue weighted by Gasteiger charge is 2.12. The summed E-state index contributed by atoms with van der Waals surface area (Å²) < 4.78 is 10.4. The molecule has 0 bridgehead atoms. The zero-order valence-electron chi connectivity index (χ0n) is 13.7. The van der Waals surface area contributed by atoms with E-state index in [2.05, 4.69) is 15.2 Å². The van der Waals surface area contributed by atoms with Gasteiger partial charge in [0.15, 0.2) is 0 Å². The fourth-order valence-electron chi connectivity index (χ4n) is 2.61. The van der Waals surface area contributed by atoms with E-state index in [0.717, 1.165) is 37.7 Å². The van der Waals surface area contributed by atoms with Crippen molar-refractivity contribution in [2.45, 2.75) is 6.61 Å². The molecule has 1 aromatic heterocycles. The molecular formula is C18H21N3O3. The lowest BCUT2D eigenvalue weighted by Gasteiger charge is -2.27. The minimum Gasteiger partial charge on any atom is -0.380 e. The number of hydrogen-bond acceptors (Lipinski definition) is 5. The van der Waals surface area contributed by atoms with E-state index in [-0.39, 0.29) is 5.91 Å². The van der Waals surface area contributed by atoms with Gasteiger partial charge >= 0.3 is 0 Å². The van der Waals surface area contributed by atoms with Crippen LogP contribution in [0.2, 0.25) is 0 Å². The lowest BCUT2D eigenvalue weighted by Crippen LogP contribution is -2.36. The largest absolute Gasteiger partial charge is 0.380 e. The first-order valence-electron chi connectivity index (χ1n) is 7.94. The number of benzene rings is 1. The fraction of sp³-hybridized carbons (Fsp3) is 0.333. The monoisotopic (exact) mass is 327 g/mol. The SMILES string of the molecule is COCc1cccc(C(=O)Nc2ccc(N3CCOCC3)nc2)c1. The Kier molecular flexibility index (Phi) is 5.40. The van der Waals surface area contributed by atoms with Crippen LogP contribution in [0.15, 0.2) is 42.6 Å². The number of aromatic nitrogens is 1. The van der Waals surface area contributed by atoms with Crippen molar-refractivity contribution in [1.82, 2.24) is 4.98 Å². The minimum absolute atomic E-state index is 0.158. The molecule has 0 radical (unpaired) electrons. The second-order valence-electron chi connectivity index (χ2n) is 5.59. The summed E-state index contributed by atoms with van der Waals surface area (Å²) in [7, 11) is 1.63. The molecule has 1 saturated heterocycles. The number of carbonyl (C=O) groups is 1. The molecule has 1 fully saturated rings. The Bertz CT molecular complexity index is 682. The number of nitrogens with one attached hydrogen (secondary N) is 1. The molecule has 1 aromatic carbocycles. The highest BCUT2D eigenvalue weighted by molar-refractivity contribution is 6.04. The Morgan fingerprint density at radius 2 is 2.12 bits per heavy atom. The third kappa shape index (κ3) is 4.10. The lowest BCUT2D eigenvalue weighted by molar-refractivity contribution is 0.102. The summed E-state index contributed by atoms with van der Waals surface area (Å²) in [5.74, 6) is 0.743. The summed E-state index contributed by atoms with van der Waals surface area (Å²) in [6.07, 6.45) is 1.68. The van der Waals surface area contributed by atoms with Crippen LogP contribution in [0.5, 0.6) is 0 Å². The number of rotatable bonds is 5. The van der Waals surface area contributed by atoms with Crippen LogP contribution in [0.1, 0.15) is 15.9 Å². The highest BCUT2D eigenvalue weighted by Crippen LogP contribution is 2.16. The van der Waals surface area contributed by atoms with Crippen LogP contribution in [0.25, 0.3) is 0 Å². The molecular weight excluding hydrogens is 306 g/mol. The summed E-state index contributed by atoms with van der Waals surface area (Å²) in [5, 5.41) is 2.87. The summed E-state index contributed by atoms with van der Waals surface area (Å²) in [4.78, 5) is 19.0. The van der Waals surface area contributed by atoms with Gasteiger partial charge in [-0.1, -0.05) is 12.1 Å². The molecule has 0 saturated carbocycles. The Labute approximate surface area is 141 Å². The Morgan fingerprint density at radius 3 is 2.83 bits per heavy atom. The van der Waals surface area contributed by atoms with Gasteiger partial charge in [0.1, 0.15) is 5.82 Å². The summed E-state index contributed by atoms with van der Waals surface area (Å²) in [6.45, 7) is 3.60. The van der Waals surface area contributed by atoms with E-state index in [1.54, 1.807) is 19.4 Å². The van der Waals surface area contributed by atoms with Gasteiger partial charge in [0.05, 0.1) is 31.7 Å². The second kappa shape index (κ2) is 7.90. The van der Waals surface area contributed by atoms with Gasteiger partial charge in [0.2, 0.25) is 0 Å². The molecule has 24 heavy (non-hydrogen) atoms. The number of ether oxygens (including phenoxy) is 2. The molecule has 3 rings (SSSR count). The first-order chi connectivity index (χ1) is 11.8. The van der Waals surface area contributed by atoms with Gasteiger partial charge in [-0.15, -0.1) is 0 Å². The van der Waals surface area contributed by atoms with Crippen LogP contribution in [0.4, 0.5) is 11.5 Å². The standard InChI is InChI=1S/C18H21N3O3/c1-23-13-14-3-2-4-15(11-14)18(22)20-16-5-6-17(19-12-16)21-7-9-24-10-8-21/h2-6,11-12H,7-10,13H2,1H3,(H,20,22). The van der Waals surface area contributed by atoms with E-state index in [1.165, 1.54) is 0 Å². The van der Waals surface area contributed by atoms with E-state index in [9.17, 15) is 4.79 Å². The van der Waals surface area contributed by atoms with Crippen molar-refractivity contribution >= 4 is 17.4 Å². The summed E-state index contributed by atoms with van der Waals surface area (Å²) >= 11 is 0. The van der Waals surface area contributed by atoms with Gasteiger partial charge in [0, 0.05) is 25.8 Å². The predicted octanol–water partition coefficient (Wildman–Crippen LogP) is 2.32. The van der Waals surface area contributed by atoms with E-state index in [0.29, 0.717) is 17.9 Å². The average Bonchev–Trinajstić information content (AvgIpc) is 2.64. The first kappa shape index (κ1) is 16.4. The molecule has 2 heterocycles. The maximum Gasteiger partial charge on any atom is 0.255 e. The molecule has 126 valence electrons. The number of methoxy groups -OCH3 is 1. The van der Waals surface area contributed by atoms with Crippen LogP contribution in [-0.4, -0.2) is 44.3 Å². The van der Waals surface area contributed by atoms with Crippen molar-refractivity contribution in [2.24, 2.45) is 0 Å². The third-order valence-corrected chi connectivity index (χ3v) is 3.84. The summed E-state index contributed by atoms with van der Waals surface area (Å²) in [6, 6.07) is 11.2. The molecule has 0 aliphatic carbocycles. The number of pyridine rings is 1. The van der Waals surface area contributed by atoms with E-state index >= 15 is 0 Å². The first-order valence-corrected chi connectivity index (χ1v) is 7.94. The Balaban J connectivity index is 1.64. The van der Waals surface area contributed by atoms with Gasteiger partial charge in [0.25, 0.3) is 5.91 Å². The van der Waals surface area contributed by atoms with Crippen molar-refractivity contribution in [2.75, 3.05) is 43.6 Å². The molecule has 1 N–H and O–H groups in total. The number of nitrogens with zero attached hydrogens (tertiary/aromatic N) is 2. The quantitative estimate of drug-likeness (QED) is 0.913. The smallest absolute Gasteiger partial charge is 0.255 e. The number of morpholine rings is 1. The molecule has 0 spiro atoms. The van der Waals surface area contributed by atoms with Gasteiger partial charge < -0.3 is 19.7 Å². The molecule has 6 nitrogen and oxygen atoms in total. The molecule has 1 aliphatic rings. The maximum atomic E-state index is 12.4. The van der Waals surface area contributed by atoms with Gasteiger partial charge in [-0.2, -0.15) is 0 Å². The highest BCUT2D eigenvalue weighted by atomic mass is 16.5. The van der Waals surface area contributed by atoms with Crippen LogP contribution in [0, 0.1) is 0 Å². The molecule has 0 atom stereocenters. The zero-order chi connectivity index (χ0) is 16.8. The second-order valence-corrected chi connectivity index (χ2v) is 5.59. The van der Waals surface area contributed by atoms with Crippen LogP contribution < -0.4 is 10.2 Å². The van der Waals surface area contributed by atoms with Crippen molar-refractivity contribution in [3.8, 4) is 0 Å². The normalized spacial score (nSPS) is 14.5. The van der Waals surface area contributed by atoms with E-state index in [4.69, 9.17) is 9.47 Å². The van der Waals surface area contributed by atoms with Gasteiger partial charge in [-0.3, -0.25) is 4.79 Å². The topological polar surface area (TPSA) is 63.7 Å². The number of amides is 1. The van der Waals surface area contributed by atoms with Crippen molar-refractivity contribution < 1.29 is 14.3 Å². The van der Waals surface area contributed by atoms with E-state index in [1.807, 2.05) is 30.3 Å². The van der Waals surface area contributed by atoms with Crippen molar-refractivity contribution in [1.29, 1.82) is 0 Å². The number of anilines is 2. The summed E-state index contributed by atoms with van der Waals surface area (Å²) in [5.41, 5.74) is 2.24. The van der Waals surface area contributed by atoms with Gasteiger partial charge in [-0.05, 0) is 29.8 Å². The molecule has 2 aromatic rings. The molecule has 1 aliphatic heterocycles. The third-order valence-electron chi connectivity index (χ3n) is 3.84. The van der Waals surface area contributed by atoms with Crippen LogP contribution in [0.3, 0.4) is 0 Å². The minimum atomic E-state index is -0.158. The van der Waals surface area contributed by atoms with Crippen molar-refractivity contribution in [3.05, 3.63) is 53.7 Å². The van der Waals surface area contributed by atoms with Crippen LogP contribution >= 0.6 is 0 Å². The molecule has 6 heteroatoms.